The van der Waals surface area contributed by atoms with Gasteiger partial charge in [0.1, 0.15) is 43.2 Å². The van der Waals surface area contributed by atoms with E-state index in [4.69, 9.17) is 18.5 Å². The smallest absolute Gasteiger partial charge is 0.462 e. The summed E-state index contributed by atoms with van der Waals surface area (Å²) in [4.78, 5) is 35.5. The van der Waals surface area contributed by atoms with Crippen LogP contribution in [0.15, 0.2) is 24.3 Å². The summed E-state index contributed by atoms with van der Waals surface area (Å²) in [6, 6.07) is 0. The minimum atomic E-state index is -5.14. The molecule has 1 fully saturated rings. The van der Waals surface area contributed by atoms with Crippen molar-refractivity contribution in [3.05, 3.63) is 24.3 Å². The first-order valence-electron chi connectivity index (χ1n) is 22.7. The first kappa shape index (κ1) is 54.3. The zero-order chi connectivity index (χ0) is 42.9. The Kier molecular flexibility index (Phi) is 32.8. The first-order chi connectivity index (χ1) is 27.9. The van der Waals surface area contributed by atoms with Crippen molar-refractivity contribution in [2.45, 2.75) is 230 Å². The predicted octanol–water partition coefficient (Wildman–Crippen LogP) is 8.45. The van der Waals surface area contributed by atoms with Crippen LogP contribution < -0.4 is 0 Å². The van der Waals surface area contributed by atoms with Crippen LogP contribution in [0.1, 0.15) is 187 Å². The third-order valence-electron chi connectivity index (χ3n) is 10.7. The molecule has 0 amide bonds. The summed E-state index contributed by atoms with van der Waals surface area (Å²) in [5.74, 6) is -1.35. The zero-order valence-corrected chi connectivity index (χ0v) is 36.7. The van der Waals surface area contributed by atoms with Gasteiger partial charge in [0.15, 0.2) is 6.10 Å². The van der Waals surface area contributed by atoms with E-state index < -0.39 is 75.7 Å². The zero-order valence-electron chi connectivity index (χ0n) is 35.8. The normalized spacial score (nSPS) is 22.7. The lowest BCUT2D eigenvalue weighted by molar-refractivity contribution is -0.220. The van der Waals surface area contributed by atoms with E-state index in [9.17, 15) is 44.6 Å². The highest BCUT2D eigenvalue weighted by molar-refractivity contribution is 7.47. The molecule has 1 rings (SSSR count). The Morgan fingerprint density at radius 2 is 0.983 bits per heavy atom. The highest BCUT2D eigenvalue weighted by Crippen LogP contribution is 2.47. The molecule has 1 saturated carbocycles. The number of allylic oxidation sites excluding steroid dienone is 3. The first-order valence-corrected chi connectivity index (χ1v) is 24.2. The maximum absolute atomic E-state index is 12.8. The molecule has 6 unspecified atom stereocenters. The number of hydrogen-bond acceptors (Lipinski definition) is 12. The van der Waals surface area contributed by atoms with E-state index in [1.165, 1.54) is 134 Å². The molecule has 0 heterocycles. The van der Waals surface area contributed by atoms with Gasteiger partial charge in [-0.2, -0.15) is 0 Å². The maximum Gasteiger partial charge on any atom is 0.472 e. The van der Waals surface area contributed by atoms with Crippen LogP contribution >= 0.6 is 7.82 Å². The quantitative estimate of drug-likeness (QED) is 0.0114. The van der Waals surface area contributed by atoms with Crippen LogP contribution in [0, 0.1) is 0 Å². The number of aliphatic hydroxyl groups excluding tert-OH is 5. The van der Waals surface area contributed by atoms with Crippen molar-refractivity contribution in [3.63, 3.8) is 0 Å². The van der Waals surface area contributed by atoms with Crippen molar-refractivity contribution in [3.8, 4) is 0 Å². The molecule has 0 aromatic carbocycles. The van der Waals surface area contributed by atoms with Crippen LogP contribution in [0.25, 0.3) is 0 Å². The largest absolute Gasteiger partial charge is 0.472 e. The standard InChI is InChI=1S/C44H81O13P/c1-3-5-7-9-11-13-15-17-19-21-23-25-27-29-31-33-38(46)56-36(35-55-58(52,53)57-44-42(50)40(48)39(47)41(49)43(44)51)34-54-37(45)32-30-28-26-24-22-20-18-16-14-12-10-8-6-4-2/h27,29,31,33,36,39-44,47-51H,3-26,28,30,32,34-35H2,1-2H3,(H,52,53)/b29-27+,33-31+/t36-,39?,40-,41?,42?,43?,44?/m0/s1. The van der Waals surface area contributed by atoms with Gasteiger partial charge >= 0.3 is 19.8 Å². The van der Waals surface area contributed by atoms with Crippen LogP contribution in [0.4, 0.5) is 0 Å². The van der Waals surface area contributed by atoms with Gasteiger partial charge in [0.05, 0.1) is 6.61 Å². The number of phosphoric acid groups is 1. The number of phosphoric ester groups is 1. The van der Waals surface area contributed by atoms with E-state index in [0.717, 1.165) is 38.5 Å². The molecular weight excluding hydrogens is 767 g/mol. The SMILES string of the molecule is CCCCCCCCCCCCC/C=C/C=C/C(=O)O[C@@H](COC(=O)CCCCCCCCCCCCCCCC)COP(=O)(O)OC1C(O)C(O)C(O)[C@H](O)C1O. The fourth-order valence-corrected chi connectivity index (χ4v) is 7.93. The van der Waals surface area contributed by atoms with E-state index in [1.807, 2.05) is 6.08 Å². The summed E-state index contributed by atoms with van der Waals surface area (Å²) in [5.41, 5.74) is 0. The summed E-state index contributed by atoms with van der Waals surface area (Å²) in [6.07, 6.45) is 24.4. The van der Waals surface area contributed by atoms with Crippen molar-refractivity contribution in [2.75, 3.05) is 13.2 Å². The number of ether oxygens (including phenoxy) is 2. The minimum absolute atomic E-state index is 0.152. The van der Waals surface area contributed by atoms with Crippen LogP contribution in [-0.4, -0.2) is 98.3 Å². The Hall–Kier alpha value is -1.67. The molecule has 14 heteroatoms. The Labute approximate surface area is 349 Å². The molecule has 58 heavy (non-hydrogen) atoms. The molecule has 0 aromatic heterocycles. The number of rotatable bonds is 37. The molecule has 0 aliphatic heterocycles. The molecule has 0 radical (unpaired) electrons. The van der Waals surface area contributed by atoms with E-state index in [-0.39, 0.29) is 6.42 Å². The fourth-order valence-electron chi connectivity index (χ4n) is 6.96. The minimum Gasteiger partial charge on any atom is -0.462 e. The van der Waals surface area contributed by atoms with Gasteiger partial charge in [0.25, 0.3) is 0 Å². The molecular formula is C44H81O13P. The van der Waals surface area contributed by atoms with Crippen LogP contribution in [-0.2, 0) is 32.7 Å². The number of aliphatic hydroxyl groups is 5. The van der Waals surface area contributed by atoms with E-state index in [1.54, 1.807) is 6.08 Å². The third-order valence-corrected chi connectivity index (χ3v) is 11.6. The summed E-state index contributed by atoms with van der Waals surface area (Å²) < 4.78 is 33.3. The van der Waals surface area contributed by atoms with Crippen molar-refractivity contribution in [2.24, 2.45) is 0 Å². The summed E-state index contributed by atoms with van der Waals surface area (Å²) >= 11 is 0. The average Bonchev–Trinajstić information content (AvgIpc) is 3.20. The van der Waals surface area contributed by atoms with Gasteiger partial charge in [-0.15, -0.1) is 0 Å². The Morgan fingerprint density at radius 1 is 0.569 bits per heavy atom. The van der Waals surface area contributed by atoms with E-state index >= 15 is 0 Å². The van der Waals surface area contributed by atoms with Gasteiger partial charge in [-0.25, -0.2) is 9.36 Å². The van der Waals surface area contributed by atoms with Crippen LogP contribution in [0.5, 0.6) is 0 Å². The molecule has 0 bridgehead atoms. The van der Waals surface area contributed by atoms with Crippen molar-refractivity contribution in [1.82, 2.24) is 0 Å². The highest BCUT2D eigenvalue weighted by Gasteiger charge is 2.51. The van der Waals surface area contributed by atoms with Gasteiger partial charge in [0, 0.05) is 12.5 Å². The summed E-state index contributed by atoms with van der Waals surface area (Å²) in [6.45, 7) is 3.20. The number of unbranched alkanes of at least 4 members (excludes halogenated alkanes) is 24. The van der Waals surface area contributed by atoms with Crippen molar-refractivity contribution in [1.29, 1.82) is 0 Å². The lowest BCUT2D eigenvalue weighted by atomic mass is 9.85. The number of carbonyl (C=O) groups excluding carboxylic acids is 2. The number of carbonyl (C=O) groups is 2. The van der Waals surface area contributed by atoms with Crippen molar-refractivity contribution >= 4 is 19.8 Å². The van der Waals surface area contributed by atoms with Crippen LogP contribution in [0.2, 0.25) is 0 Å². The van der Waals surface area contributed by atoms with E-state index in [2.05, 4.69) is 13.8 Å². The Bertz CT molecular complexity index is 1120. The second-order valence-corrected chi connectivity index (χ2v) is 17.4. The second-order valence-electron chi connectivity index (χ2n) is 16.0. The van der Waals surface area contributed by atoms with Crippen LogP contribution in [0.3, 0.4) is 0 Å². The maximum atomic E-state index is 12.8. The summed E-state index contributed by atoms with van der Waals surface area (Å²) in [5, 5.41) is 50.1. The summed E-state index contributed by atoms with van der Waals surface area (Å²) in [7, 11) is -5.14. The monoisotopic (exact) mass is 849 g/mol. The fraction of sp³-hybridized carbons (Fsp3) is 0.864. The molecule has 6 N–H and O–H groups in total. The van der Waals surface area contributed by atoms with Gasteiger partial charge in [-0.05, 0) is 19.3 Å². The third kappa shape index (κ3) is 27.2. The molecule has 13 nitrogen and oxygen atoms in total. The average molecular weight is 849 g/mol. The highest BCUT2D eigenvalue weighted by atomic mass is 31.2. The second kappa shape index (κ2) is 35.0. The Morgan fingerprint density at radius 3 is 1.45 bits per heavy atom. The lowest BCUT2D eigenvalue weighted by Gasteiger charge is -2.41. The van der Waals surface area contributed by atoms with Gasteiger partial charge in [-0.3, -0.25) is 13.8 Å². The molecule has 1 aliphatic carbocycles. The van der Waals surface area contributed by atoms with Gasteiger partial charge < -0.3 is 39.9 Å². The molecule has 1 aliphatic rings. The molecule has 0 saturated heterocycles. The van der Waals surface area contributed by atoms with E-state index in [0.29, 0.717) is 6.42 Å². The Balaban J connectivity index is 2.52. The molecule has 340 valence electrons. The topological polar surface area (TPSA) is 210 Å². The molecule has 0 spiro atoms. The van der Waals surface area contributed by atoms with Gasteiger partial charge in [0.2, 0.25) is 0 Å². The molecule has 0 aromatic rings. The predicted molar refractivity (Wildman–Crippen MR) is 226 cm³/mol. The van der Waals surface area contributed by atoms with Crippen molar-refractivity contribution < 1.29 is 63.1 Å². The number of hydrogen-bond donors (Lipinski definition) is 6. The van der Waals surface area contributed by atoms with Gasteiger partial charge in [-0.1, -0.05) is 180 Å². The number of esters is 2. The lowest BCUT2D eigenvalue weighted by Crippen LogP contribution is -2.64. The molecule has 8 atom stereocenters.